The molecule has 0 bridgehead atoms. The highest BCUT2D eigenvalue weighted by molar-refractivity contribution is 5.39. The van der Waals surface area contributed by atoms with E-state index in [1.807, 2.05) is 30.3 Å². The summed E-state index contributed by atoms with van der Waals surface area (Å²) in [4.78, 5) is 3.57. The number of benzene rings is 1. The third kappa shape index (κ3) is 4.19. The summed E-state index contributed by atoms with van der Waals surface area (Å²) in [6, 6.07) is 12.6. The number of anilines is 1. The molecule has 0 aliphatic carbocycles. The Morgan fingerprint density at radius 1 is 1.05 bits per heavy atom. The van der Waals surface area contributed by atoms with E-state index in [1.165, 1.54) is 12.1 Å². The zero-order valence-corrected chi connectivity index (χ0v) is 11.1. The van der Waals surface area contributed by atoms with Gasteiger partial charge in [0.25, 0.3) is 0 Å². The van der Waals surface area contributed by atoms with E-state index in [1.54, 1.807) is 0 Å². The summed E-state index contributed by atoms with van der Waals surface area (Å²) in [6.07, 6.45) is -4.10. The molecule has 112 valence electrons. The molecule has 21 heavy (non-hydrogen) atoms. The van der Waals surface area contributed by atoms with Crippen molar-refractivity contribution < 1.29 is 18.3 Å². The maximum Gasteiger partial charge on any atom is 0.433 e. The van der Waals surface area contributed by atoms with Crippen LogP contribution < -0.4 is 5.32 Å². The molecule has 3 nitrogen and oxygen atoms in total. The fourth-order valence-corrected chi connectivity index (χ4v) is 1.99. The number of hydrogen-bond acceptors (Lipinski definition) is 3. The molecule has 0 unspecified atom stereocenters. The number of nitrogens with zero attached hydrogens (tertiary/aromatic N) is 1. The minimum atomic E-state index is -4.48. The summed E-state index contributed by atoms with van der Waals surface area (Å²) in [7, 11) is 0. The van der Waals surface area contributed by atoms with Crippen LogP contribution in [0.2, 0.25) is 0 Å². The van der Waals surface area contributed by atoms with Crippen LogP contribution >= 0.6 is 0 Å². The quantitative estimate of drug-likeness (QED) is 0.885. The van der Waals surface area contributed by atoms with Crippen molar-refractivity contribution in [3.05, 3.63) is 59.8 Å². The number of halogens is 3. The first kappa shape index (κ1) is 15.3. The largest absolute Gasteiger partial charge is 0.433 e. The lowest BCUT2D eigenvalue weighted by Gasteiger charge is -2.19. The summed E-state index contributed by atoms with van der Waals surface area (Å²) < 4.78 is 37.9. The molecule has 0 amide bonds. The van der Waals surface area contributed by atoms with Gasteiger partial charge in [0.1, 0.15) is 11.5 Å². The second-order valence-electron chi connectivity index (χ2n) is 4.53. The fourth-order valence-electron chi connectivity index (χ4n) is 1.99. The van der Waals surface area contributed by atoms with Crippen molar-refractivity contribution in [1.29, 1.82) is 0 Å². The molecule has 0 fully saturated rings. The van der Waals surface area contributed by atoms with Crippen LogP contribution in [0.15, 0.2) is 48.5 Å². The normalized spacial score (nSPS) is 13.0. The van der Waals surface area contributed by atoms with Crippen molar-refractivity contribution in [2.24, 2.45) is 0 Å². The Morgan fingerprint density at radius 2 is 1.76 bits per heavy atom. The summed E-state index contributed by atoms with van der Waals surface area (Å²) in [6.45, 7) is -0.0779. The highest BCUT2D eigenvalue weighted by Gasteiger charge is 2.32. The second kappa shape index (κ2) is 6.58. The summed E-state index contributed by atoms with van der Waals surface area (Å²) in [5, 5.41) is 12.1. The molecular formula is C15H15F3N2O. The van der Waals surface area contributed by atoms with Crippen LogP contribution in [0.5, 0.6) is 0 Å². The van der Waals surface area contributed by atoms with Crippen molar-refractivity contribution in [3.8, 4) is 0 Å². The summed E-state index contributed by atoms with van der Waals surface area (Å²) in [5.41, 5.74) is -0.0610. The number of aromatic nitrogens is 1. The van der Waals surface area contributed by atoms with Gasteiger partial charge in [-0.05, 0) is 24.1 Å². The maximum absolute atomic E-state index is 12.6. The molecule has 1 heterocycles. The van der Waals surface area contributed by atoms with E-state index in [0.29, 0.717) is 6.42 Å². The van der Waals surface area contributed by atoms with E-state index < -0.39 is 11.9 Å². The van der Waals surface area contributed by atoms with Crippen LogP contribution in [0, 0.1) is 0 Å². The first-order chi connectivity index (χ1) is 10.0. The SMILES string of the molecule is OCC[C@@H](Nc1cccc(C(F)(F)F)n1)c1ccccc1. The number of alkyl halides is 3. The molecule has 1 aromatic carbocycles. The van der Waals surface area contributed by atoms with Gasteiger partial charge < -0.3 is 10.4 Å². The van der Waals surface area contributed by atoms with Crippen LogP contribution in [0.3, 0.4) is 0 Å². The number of nitrogens with one attached hydrogen (secondary N) is 1. The van der Waals surface area contributed by atoms with Crippen LogP contribution in [-0.4, -0.2) is 16.7 Å². The Labute approximate surface area is 120 Å². The van der Waals surface area contributed by atoms with Gasteiger partial charge in [-0.2, -0.15) is 13.2 Å². The molecule has 6 heteroatoms. The van der Waals surface area contributed by atoms with E-state index in [0.717, 1.165) is 11.6 Å². The van der Waals surface area contributed by atoms with Crippen LogP contribution in [0.25, 0.3) is 0 Å². The third-order valence-electron chi connectivity index (χ3n) is 2.98. The Hall–Kier alpha value is -2.08. The van der Waals surface area contributed by atoms with Crippen molar-refractivity contribution in [1.82, 2.24) is 4.98 Å². The monoisotopic (exact) mass is 296 g/mol. The standard InChI is InChI=1S/C15H15F3N2O/c16-15(17,18)13-7-4-8-14(20-13)19-12(9-10-21)11-5-2-1-3-6-11/h1-8,12,21H,9-10H2,(H,19,20)/t12-/m1/s1. The van der Waals surface area contributed by atoms with Gasteiger partial charge in [-0.3, -0.25) is 0 Å². The number of aliphatic hydroxyl groups is 1. The molecule has 2 rings (SSSR count). The van der Waals surface area contributed by atoms with Gasteiger partial charge in [0.05, 0.1) is 6.04 Å². The van der Waals surface area contributed by atoms with Crippen molar-refractivity contribution in [2.45, 2.75) is 18.6 Å². The topological polar surface area (TPSA) is 45.1 Å². The first-order valence-corrected chi connectivity index (χ1v) is 6.47. The lowest BCUT2D eigenvalue weighted by molar-refractivity contribution is -0.141. The highest BCUT2D eigenvalue weighted by atomic mass is 19.4. The number of hydrogen-bond donors (Lipinski definition) is 2. The Kier molecular flexibility index (Phi) is 4.80. The van der Waals surface area contributed by atoms with Gasteiger partial charge >= 0.3 is 6.18 Å². The molecule has 0 aliphatic rings. The molecule has 2 N–H and O–H groups in total. The molecular weight excluding hydrogens is 281 g/mol. The summed E-state index contributed by atoms with van der Waals surface area (Å²) >= 11 is 0. The molecule has 0 saturated heterocycles. The summed E-state index contributed by atoms with van der Waals surface area (Å²) in [5.74, 6) is 0.132. The lowest BCUT2D eigenvalue weighted by atomic mass is 10.0. The number of aliphatic hydroxyl groups excluding tert-OH is 1. The van der Waals surface area contributed by atoms with Gasteiger partial charge in [0.2, 0.25) is 0 Å². The van der Waals surface area contributed by atoms with Gasteiger partial charge in [0, 0.05) is 6.61 Å². The van der Waals surface area contributed by atoms with E-state index in [-0.39, 0.29) is 18.5 Å². The maximum atomic E-state index is 12.6. The first-order valence-electron chi connectivity index (χ1n) is 6.47. The van der Waals surface area contributed by atoms with Gasteiger partial charge in [0.15, 0.2) is 0 Å². The van der Waals surface area contributed by atoms with Gasteiger partial charge in [-0.25, -0.2) is 4.98 Å². The van der Waals surface area contributed by atoms with E-state index in [2.05, 4.69) is 10.3 Å². The molecule has 1 aromatic heterocycles. The van der Waals surface area contributed by atoms with Crippen LogP contribution in [0.4, 0.5) is 19.0 Å². The highest BCUT2D eigenvalue weighted by Crippen LogP contribution is 2.29. The molecule has 0 aliphatic heterocycles. The molecule has 2 aromatic rings. The second-order valence-corrected chi connectivity index (χ2v) is 4.53. The van der Waals surface area contributed by atoms with Crippen molar-refractivity contribution in [3.63, 3.8) is 0 Å². The van der Waals surface area contributed by atoms with Gasteiger partial charge in [-0.15, -0.1) is 0 Å². The Bertz CT molecular complexity index is 573. The van der Waals surface area contributed by atoms with Crippen molar-refractivity contribution >= 4 is 5.82 Å². The number of pyridine rings is 1. The Morgan fingerprint density at radius 3 is 2.38 bits per heavy atom. The Balaban J connectivity index is 2.21. The average Bonchev–Trinajstić information content (AvgIpc) is 2.47. The zero-order chi connectivity index (χ0) is 15.3. The van der Waals surface area contributed by atoms with Gasteiger partial charge in [-0.1, -0.05) is 36.4 Å². The van der Waals surface area contributed by atoms with Crippen LogP contribution in [0.1, 0.15) is 23.7 Å². The zero-order valence-electron chi connectivity index (χ0n) is 11.1. The predicted molar refractivity (Wildman–Crippen MR) is 73.7 cm³/mol. The minimum Gasteiger partial charge on any atom is -0.396 e. The third-order valence-corrected chi connectivity index (χ3v) is 2.98. The molecule has 0 spiro atoms. The number of rotatable bonds is 5. The van der Waals surface area contributed by atoms with E-state index in [9.17, 15) is 13.2 Å². The molecule has 1 atom stereocenters. The van der Waals surface area contributed by atoms with E-state index in [4.69, 9.17) is 5.11 Å². The minimum absolute atomic E-state index is 0.0779. The average molecular weight is 296 g/mol. The van der Waals surface area contributed by atoms with Crippen molar-refractivity contribution in [2.75, 3.05) is 11.9 Å². The van der Waals surface area contributed by atoms with E-state index >= 15 is 0 Å². The smallest absolute Gasteiger partial charge is 0.396 e. The molecule has 0 radical (unpaired) electrons. The lowest BCUT2D eigenvalue weighted by Crippen LogP contribution is -2.15. The molecule has 0 saturated carbocycles. The predicted octanol–water partition coefficient (Wildman–Crippen LogP) is 3.64. The fraction of sp³-hybridized carbons (Fsp3) is 0.267. The van der Waals surface area contributed by atoms with Crippen LogP contribution in [-0.2, 0) is 6.18 Å².